The summed E-state index contributed by atoms with van der Waals surface area (Å²) in [6.45, 7) is 3.72. The van der Waals surface area contributed by atoms with Crippen LogP contribution in [0.15, 0.2) is 16.4 Å². The van der Waals surface area contributed by atoms with Crippen molar-refractivity contribution in [2.75, 3.05) is 7.05 Å². The second-order valence-corrected chi connectivity index (χ2v) is 7.67. The van der Waals surface area contributed by atoms with Gasteiger partial charge in [0.05, 0.1) is 5.54 Å². The molecule has 0 saturated carbocycles. The predicted molar refractivity (Wildman–Crippen MR) is 76.0 cm³/mol. The number of nitrogens with one attached hydrogen (secondary N) is 1. The zero-order valence-corrected chi connectivity index (χ0v) is 12.2. The van der Waals surface area contributed by atoms with Crippen LogP contribution in [0.2, 0.25) is 0 Å². The first-order valence-electron chi connectivity index (χ1n) is 5.51. The standard InChI is InChI=1S/C12H16N2O2S2/c1-8-9-4-6-12(2,13)7-5-10(9)17-11(8)18(15,16)14-3/h4-7,14H,13H2,1-3H3. The summed E-state index contributed by atoms with van der Waals surface area (Å²) in [6.07, 6.45) is 7.55. The van der Waals surface area contributed by atoms with Crippen molar-refractivity contribution in [3.05, 3.63) is 28.2 Å². The summed E-state index contributed by atoms with van der Waals surface area (Å²) in [5.41, 5.74) is 7.22. The van der Waals surface area contributed by atoms with Crippen molar-refractivity contribution in [3.63, 3.8) is 0 Å². The Morgan fingerprint density at radius 1 is 1.33 bits per heavy atom. The quantitative estimate of drug-likeness (QED) is 0.868. The topological polar surface area (TPSA) is 72.2 Å². The van der Waals surface area contributed by atoms with Crippen molar-refractivity contribution in [2.45, 2.75) is 23.6 Å². The third-order valence-electron chi connectivity index (χ3n) is 2.89. The summed E-state index contributed by atoms with van der Waals surface area (Å²) in [5.74, 6) is 0. The monoisotopic (exact) mass is 284 g/mol. The second kappa shape index (κ2) is 4.31. The van der Waals surface area contributed by atoms with E-state index in [0.29, 0.717) is 4.21 Å². The predicted octanol–water partition coefficient (Wildman–Crippen LogP) is 1.72. The van der Waals surface area contributed by atoms with Crippen LogP contribution in [0, 0.1) is 6.92 Å². The van der Waals surface area contributed by atoms with Gasteiger partial charge in [0.25, 0.3) is 0 Å². The van der Waals surface area contributed by atoms with E-state index in [1.807, 2.05) is 38.2 Å². The first-order chi connectivity index (χ1) is 8.27. The number of fused-ring (bicyclic) bond motifs is 1. The van der Waals surface area contributed by atoms with Crippen LogP contribution in [0.3, 0.4) is 0 Å². The number of nitrogens with two attached hydrogens (primary N) is 1. The molecule has 0 spiro atoms. The summed E-state index contributed by atoms with van der Waals surface area (Å²) >= 11 is 1.26. The Balaban J connectivity index is 2.62. The summed E-state index contributed by atoms with van der Waals surface area (Å²) < 4.78 is 26.5. The molecule has 98 valence electrons. The van der Waals surface area contributed by atoms with Gasteiger partial charge in [0.2, 0.25) is 10.0 Å². The minimum atomic E-state index is -3.39. The van der Waals surface area contributed by atoms with E-state index < -0.39 is 15.6 Å². The molecule has 18 heavy (non-hydrogen) atoms. The van der Waals surface area contributed by atoms with Gasteiger partial charge in [-0.1, -0.05) is 18.2 Å². The summed E-state index contributed by atoms with van der Waals surface area (Å²) in [6, 6.07) is 0. The van der Waals surface area contributed by atoms with Gasteiger partial charge < -0.3 is 5.73 Å². The zero-order valence-electron chi connectivity index (χ0n) is 10.5. The van der Waals surface area contributed by atoms with Crippen molar-refractivity contribution < 1.29 is 8.42 Å². The molecule has 1 heterocycles. The van der Waals surface area contributed by atoms with Crippen LogP contribution in [0.5, 0.6) is 0 Å². The van der Waals surface area contributed by atoms with Gasteiger partial charge in [-0.05, 0) is 38.1 Å². The van der Waals surface area contributed by atoms with Gasteiger partial charge in [-0.15, -0.1) is 11.3 Å². The second-order valence-electron chi connectivity index (χ2n) is 4.53. The Bertz CT molecular complexity index is 637. The normalized spacial score (nSPS) is 22.9. The highest BCUT2D eigenvalue weighted by atomic mass is 32.2. The van der Waals surface area contributed by atoms with E-state index in [4.69, 9.17) is 5.73 Å². The highest BCUT2D eigenvalue weighted by Crippen LogP contribution is 2.35. The molecule has 0 fully saturated rings. The van der Waals surface area contributed by atoms with Gasteiger partial charge in [0.1, 0.15) is 4.21 Å². The molecule has 1 aromatic rings. The van der Waals surface area contributed by atoms with Crippen molar-refractivity contribution in [2.24, 2.45) is 5.73 Å². The lowest BCUT2D eigenvalue weighted by Crippen LogP contribution is -2.30. The maximum atomic E-state index is 11.9. The Labute approximate surface area is 111 Å². The molecular weight excluding hydrogens is 268 g/mol. The van der Waals surface area contributed by atoms with E-state index in [-0.39, 0.29) is 0 Å². The number of rotatable bonds is 2. The van der Waals surface area contributed by atoms with E-state index in [1.54, 1.807) is 0 Å². The molecule has 0 saturated heterocycles. The van der Waals surface area contributed by atoms with Crippen molar-refractivity contribution in [1.29, 1.82) is 0 Å². The maximum Gasteiger partial charge on any atom is 0.250 e. The largest absolute Gasteiger partial charge is 0.319 e. The molecule has 1 unspecified atom stereocenters. The molecular formula is C12H16N2O2S2. The van der Waals surface area contributed by atoms with Crippen LogP contribution in [-0.2, 0) is 10.0 Å². The molecule has 1 aliphatic carbocycles. The molecule has 1 aliphatic rings. The van der Waals surface area contributed by atoms with E-state index in [9.17, 15) is 8.42 Å². The smallest absolute Gasteiger partial charge is 0.250 e. The van der Waals surface area contributed by atoms with Crippen LogP contribution in [0.25, 0.3) is 12.2 Å². The van der Waals surface area contributed by atoms with Crippen LogP contribution in [-0.4, -0.2) is 21.0 Å². The van der Waals surface area contributed by atoms with Crippen LogP contribution < -0.4 is 10.5 Å². The molecule has 1 atom stereocenters. The van der Waals surface area contributed by atoms with E-state index >= 15 is 0 Å². The lowest BCUT2D eigenvalue weighted by molar-refractivity contribution is 0.590. The fourth-order valence-corrected chi connectivity index (χ4v) is 4.37. The van der Waals surface area contributed by atoms with E-state index in [0.717, 1.165) is 16.0 Å². The maximum absolute atomic E-state index is 11.9. The average molecular weight is 284 g/mol. The summed E-state index contributed by atoms with van der Waals surface area (Å²) in [5, 5.41) is 0. The van der Waals surface area contributed by atoms with E-state index in [1.165, 1.54) is 18.4 Å². The highest BCUT2D eigenvalue weighted by Gasteiger charge is 2.23. The first kappa shape index (κ1) is 13.5. The molecule has 0 aliphatic heterocycles. The number of hydrogen-bond donors (Lipinski definition) is 2. The van der Waals surface area contributed by atoms with Gasteiger partial charge in [-0.3, -0.25) is 0 Å². The van der Waals surface area contributed by atoms with Gasteiger partial charge >= 0.3 is 0 Å². The Morgan fingerprint density at radius 2 is 1.94 bits per heavy atom. The Morgan fingerprint density at radius 3 is 2.56 bits per heavy atom. The van der Waals surface area contributed by atoms with Crippen molar-refractivity contribution in [3.8, 4) is 0 Å². The molecule has 1 aromatic heterocycles. The van der Waals surface area contributed by atoms with Crippen molar-refractivity contribution in [1.82, 2.24) is 4.72 Å². The fraction of sp³-hybridized carbons (Fsp3) is 0.333. The number of thiophene rings is 1. The van der Waals surface area contributed by atoms with E-state index in [2.05, 4.69) is 4.72 Å². The van der Waals surface area contributed by atoms with Crippen LogP contribution in [0.1, 0.15) is 22.9 Å². The molecule has 0 amide bonds. The molecule has 4 nitrogen and oxygen atoms in total. The average Bonchev–Trinajstić information content (AvgIpc) is 2.53. The zero-order chi connectivity index (χ0) is 13.6. The van der Waals surface area contributed by atoms with Gasteiger partial charge in [-0.25, -0.2) is 13.1 Å². The highest BCUT2D eigenvalue weighted by molar-refractivity contribution is 7.91. The minimum Gasteiger partial charge on any atom is -0.319 e. The molecule has 3 N–H and O–H groups in total. The van der Waals surface area contributed by atoms with Gasteiger partial charge in [0.15, 0.2) is 0 Å². The molecule has 0 radical (unpaired) electrons. The fourth-order valence-electron chi connectivity index (χ4n) is 1.78. The first-order valence-corrected chi connectivity index (χ1v) is 7.81. The third-order valence-corrected chi connectivity index (χ3v) is 6.20. The van der Waals surface area contributed by atoms with Gasteiger partial charge in [0, 0.05) is 4.88 Å². The third kappa shape index (κ3) is 2.29. The molecule has 0 aromatic carbocycles. The number of sulfonamides is 1. The summed E-state index contributed by atoms with van der Waals surface area (Å²) in [4.78, 5) is 0.923. The van der Waals surface area contributed by atoms with Gasteiger partial charge in [-0.2, -0.15) is 0 Å². The lowest BCUT2D eigenvalue weighted by Gasteiger charge is -2.12. The summed E-state index contributed by atoms with van der Waals surface area (Å²) in [7, 11) is -1.98. The molecule has 6 heteroatoms. The molecule has 0 bridgehead atoms. The van der Waals surface area contributed by atoms with Crippen LogP contribution >= 0.6 is 11.3 Å². The SMILES string of the molecule is CNS(=O)(=O)c1sc2c(c1C)C=CC(C)(N)C=C2. The Hall–Kier alpha value is -0.950. The Kier molecular flexibility index (Phi) is 3.23. The van der Waals surface area contributed by atoms with Crippen molar-refractivity contribution >= 4 is 33.5 Å². The number of hydrogen-bond acceptors (Lipinski definition) is 4. The van der Waals surface area contributed by atoms with Crippen LogP contribution in [0.4, 0.5) is 0 Å². The lowest BCUT2D eigenvalue weighted by atomic mass is 10.0. The molecule has 2 rings (SSSR count). The minimum absolute atomic E-state index is 0.366.